The van der Waals surface area contributed by atoms with Gasteiger partial charge in [-0.1, -0.05) is 77.5 Å². The van der Waals surface area contributed by atoms with Gasteiger partial charge in [-0.2, -0.15) is 0 Å². The molecule has 4 bridgehead atoms. The molecule has 0 radical (unpaired) electrons. The van der Waals surface area contributed by atoms with Crippen molar-refractivity contribution in [3.8, 4) is 0 Å². The van der Waals surface area contributed by atoms with Crippen molar-refractivity contribution in [3.63, 3.8) is 0 Å². The van der Waals surface area contributed by atoms with Crippen LogP contribution in [0.5, 0.6) is 0 Å². The van der Waals surface area contributed by atoms with Crippen LogP contribution in [0.3, 0.4) is 0 Å². The van der Waals surface area contributed by atoms with Crippen molar-refractivity contribution in [3.05, 3.63) is 52.7 Å². The van der Waals surface area contributed by atoms with Gasteiger partial charge in [-0.3, -0.25) is 9.79 Å². The molecule has 1 aromatic rings. The van der Waals surface area contributed by atoms with Crippen molar-refractivity contribution >= 4 is 33.3 Å². The summed E-state index contributed by atoms with van der Waals surface area (Å²) in [4.78, 5) is 24.6. The van der Waals surface area contributed by atoms with Gasteiger partial charge in [-0.05, 0) is 155 Å². The van der Waals surface area contributed by atoms with Gasteiger partial charge in [0, 0.05) is 78.0 Å². The lowest BCUT2D eigenvalue weighted by Gasteiger charge is -2.65. The lowest BCUT2D eigenvalue weighted by Crippen LogP contribution is -2.69. The molecule has 15 heteroatoms. The van der Waals surface area contributed by atoms with E-state index in [2.05, 4.69) is 47.2 Å². The number of hydrogen-bond donors (Lipinski definition) is 9. The van der Waals surface area contributed by atoms with Crippen LogP contribution in [-0.4, -0.2) is 120 Å². The van der Waals surface area contributed by atoms with Gasteiger partial charge in [0.05, 0.1) is 36.8 Å². The van der Waals surface area contributed by atoms with Crippen LogP contribution in [0.1, 0.15) is 130 Å². The third kappa shape index (κ3) is 7.73. The van der Waals surface area contributed by atoms with Gasteiger partial charge >= 0.3 is 0 Å². The number of guanidine groups is 1. The fraction of sp³-hybridized carbons (Fsp3) is 0.804. The van der Waals surface area contributed by atoms with E-state index in [1.54, 1.807) is 47.6 Å². The average Bonchev–Trinajstić information content (AvgIpc) is 4.09. The van der Waals surface area contributed by atoms with Crippen LogP contribution in [0.4, 0.5) is 0 Å². The van der Waals surface area contributed by atoms with E-state index in [1.807, 2.05) is 23.3 Å². The summed E-state index contributed by atoms with van der Waals surface area (Å²) in [5.41, 5.74) is 9.80. The number of allylic oxidation sites excluding steroid dienone is 3. The normalized spacial score (nSPS) is 45.3. The van der Waals surface area contributed by atoms with E-state index in [4.69, 9.17) is 10.7 Å². The molecule has 1 aromatic heterocycles. The zero-order valence-electron chi connectivity index (χ0n) is 42.9. The van der Waals surface area contributed by atoms with E-state index in [0.717, 1.165) is 44.3 Å². The smallest absolute Gasteiger partial charge is 0.190 e. The Labute approximate surface area is 429 Å². The number of rotatable bonds is 7. The molecule has 7 fully saturated rings. The highest BCUT2D eigenvalue weighted by atomic mass is 33.1. The highest BCUT2D eigenvalue weighted by molar-refractivity contribution is 8.76. The maximum Gasteiger partial charge on any atom is 0.190 e. The van der Waals surface area contributed by atoms with Crippen LogP contribution in [-0.2, 0) is 4.79 Å². The van der Waals surface area contributed by atoms with Gasteiger partial charge in [0.25, 0.3) is 0 Å². The molecule has 1 spiro atoms. The second-order valence-corrected chi connectivity index (χ2v) is 28.2. The van der Waals surface area contributed by atoms with Crippen molar-refractivity contribution in [2.75, 3.05) is 38.2 Å². The van der Waals surface area contributed by atoms with E-state index in [-0.39, 0.29) is 72.4 Å². The van der Waals surface area contributed by atoms with Gasteiger partial charge in [0.1, 0.15) is 6.23 Å². The molecule has 13 nitrogen and oxygen atoms in total. The second-order valence-electron chi connectivity index (χ2n) is 25.6. The summed E-state index contributed by atoms with van der Waals surface area (Å²) < 4.78 is 2.29. The summed E-state index contributed by atoms with van der Waals surface area (Å²) in [5, 5.41) is 80.8. The second kappa shape index (κ2) is 18.8. The molecule has 0 aromatic carbocycles. The third-order valence-corrected chi connectivity index (χ3v) is 24.2. The number of carbonyl (C=O) groups is 1. The first-order valence-corrected chi connectivity index (χ1v) is 30.1. The van der Waals surface area contributed by atoms with Crippen molar-refractivity contribution < 1.29 is 35.4 Å². The Morgan fingerprint density at radius 1 is 0.986 bits per heavy atom. The number of hydrogen-bond acceptors (Lipinski definition) is 12. The minimum atomic E-state index is -1.63. The number of nitrogens with zero attached hydrogens (tertiary/aromatic N) is 3. The predicted molar refractivity (Wildman–Crippen MR) is 280 cm³/mol. The number of aromatic nitrogens is 2. The van der Waals surface area contributed by atoms with E-state index >= 15 is 4.79 Å². The number of nitrogens with two attached hydrogens (primary N) is 1. The molecule has 18 atom stereocenters. The maximum atomic E-state index is 15.2. The standard InChI is InChI=1S/C56H84N6O7S2/c1-30(64)61-51(57)60-24-32-21-55(28-63)39-19-33(56(55,69)40-20-41(65)47-38(25-58-5)49(67)42(66)23-53(47,4)45(32)40)26-70-71-27-34(62-17-16-59-29-62)22-52(2,3)48-36-12-9-15-54(13-6-7-14-54)46(36)35-11-8-10-31-18-37(39)50(68)44(48)43(31)35/h16-17,20,29-34,37-39,42,44-47,49-50,58,63-64,66-69H,6-15,18-19,21-28H2,1-5H3,(H3,57,60,61). The van der Waals surface area contributed by atoms with Crippen LogP contribution in [0.15, 0.2) is 57.7 Å². The summed E-state index contributed by atoms with van der Waals surface area (Å²) in [6, 6.07) is 0.138. The zero-order chi connectivity index (χ0) is 50.0. The molecule has 2 heterocycles. The molecule has 6 saturated carbocycles. The molecule has 392 valence electrons. The number of carbonyl (C=O) groups excluding carboxylic acids is 1. The molecule has 18 unspecified atom stereocenters. The molecule has 10 aliphatic rings. The monoisotopic (exact) mass is 1020 g/mol. The first-order chi connectivity index (χ1) is 33.9. The molecule has 1 saturated heterocycles. The molecule has 71 heavy (non-hydrogen) atoms. The summed E-state index contributed by atoms with van der Waals surface area (Å²) in [6.45, 7) is 8.79. The SMILES string of the molecule is CNCC1C(O)C(O)CC2(C)C3C(=CC(=O)C12)C1(O)C2CSSCC(n4ccnc4)CC(C)(C)C4=C5CCCC6(CCCC6)C5C5=C6C(CCC5)CC(C(O)C64)C(C2)C1(CO)CC3CN=C(N)NC(C)O. The number of aliphatic imine (C=N–C) groups is 1. The van der Waals surface area contributed by atoms with Crippen LogP contribution in [0, 0.1) is 80.8 Å². The van der Waals surface area contributed by atoms with Crippen molar-refractivity contribution in [1.82, 2.24) is 20.2 Å². The fourth-order valence-electron chi connectivity index (χ4n) is 19.6. The summed E-state index contributed by atoms with van der Waals surface area (Å²) in [6.07, 6.45) is 18.7. The molecule has 9 aliphatic carbocycles. The van der Waals surface area contributed by atoms with Crippen LogP contribution < -0.4 is 16.4 Å². The van der Waals surface area contributed by atoms with Gasteiger partial charge in [0.2, 0.25) is 0 Å². The van der Waals surface area contributed by atoms with Crippen LogP contribution >= 0.6 is 21.6 Å². The fourth-order valence-corrected chi connectivity index (χ4v) is 22.3. The van der Waals surface area contributed by atoms with E-state index in [9.17, 15) is 30.6 Å². The minimum absolute atomic E-state index is 0.0787. The van der Waals surface area contributed by atoms with E-state index in [1.165, 1.54) is 44.1 Å². The minimum Gasteiger partial charge on any atom is -0.396 e. The first kappa shape index (κ1) is 50.9. The summed E-state index contributed by atoms with van der Waals surface area (Å²) in [5.74, 6) is -0.960. The first-order valence-electron chi connectivity index (χ1n) is 27.6. The average molecular weight is 1020 g/mol. The van der Waals surface area contributed by atoms with Gasteiger partial charge in [-0.15, -0.1) is 0 Å². The largest absolute Gasteiger partial charge is 0.396 e. The Hall–Kier alpha value is -2.21. The highest BCUT2D eigenvalue weighted by Gasteiger charge is 2.75. The highest BCUT2D eigenvalue weighted by Crippen LogP contribution is 2.74. The van der Waals surface area contributed by atoms with Gasteiger partial charge in [0.15, 0.2) is 11.7 Å². The number of imidazole rings is 1. The van der Waals surface area contributed by atoms with E-state index < -0.39 is 58.7 Å². The van der Waals surface area contributed by atoms with Crippen molar-refractivity contribution in [2.45, 2.75) is 160 Å². The maximum absolute atomic E-state index is 15.2. The Balaban J connectivity index is 1.10. The van der Waals surface area contributed by atoms with Crippen LogP contribution in [0.2, 0.25) is 0 Å². The van der Waals surface area contributed by atoms with Crippen molar-refractivity contribution in [1.29, 1.82) is 0 Å². The Morgan fingerprint density at radius 2 is 1.73 bits per heavy atom. The molecule has 0 amide bonds. The third-order valence-electron chi connectivity index (χ3n) is 21.7. The molecular formula is C56H84N6O7S2. The summed E-state index contributed by atoms with van der Waals surface area (Å²) >= 11 is 0. The van der Waals surface area contributed by atoms with Crippen LogP contribution in [0.25, 0.3) is 0 Å². The zero-order valence-corrected chi connectivity index (χ0v) is 44.6. The predicted octanol–water partition coefficient (Wildman–Crippen LogP) is 6.32. The quantitative estimate of drug-likeness (QED) is 0.0481. The Morgan fingerprint density at radius 3 is 2.45 bits per heavy atom. The number of ketones is 1. The molecular weight excluding hydrogens is 933 g/mol. The Kier molecular flexibility index (Phi) is 13.5. The lowest BCUT2D eigenvalue weighted by molar-refractivity contribution is -0.194. The summed E-state index contributed by atoms with van der Waals surface area (Å²) in [7, 11) is 5.42. The number of aliphatic hydroxyl groups excluding tert-OH is 5. The van der Waals surface area contributed by atoms with Gasteiger partial charge < -0.3 is 51.6 Å². The lowest BCUT2D eigenvalue weighted by atomic mass is 9.40. The van der Waals surface area contributed by atoms with Gasteiger partial charge in [-0.25, -0.2) is 4.98 Å². The number of fused-ring (bicyclic) bond motifs is 14. The number of nitrogens with one attached hydrogen (secondary N) is 2. The van der Waals surface area contributed by atoms with E-state index in [0.29, 0.717) is 48.0 Å². The molecule has 10 N–H and O–H groups in total. The topological polar surface area (TPSA) is 219 Å². The number of aliphatic hydroxyl groups is 6. The molecule has 1 aliphatic heterocycles. The Bertz CT molecular complexity index is 2330. The van der Waals surface area contributed by atoms with Crippen molar-refractivity contribution in [2.24, 2.45) is 91.6 Å². The molecule has 11 rings (SSSR count).